The summed E-state index contributed by atoms with van der Waals surface area (Å²) in [5, 5.41) is 9.29. The van der Waals surface area contributed by atoms with Crippen molar-refractivity contribution in [1.82, 2.24) is 4.90 Å². The van der Waals surface area contributed by atoms with Gasteiger partial charge >= 0.3 is 5.97 Å². The van der Waals surface area contributed by atoms with Crippen LogP contribution >= 0.6 is 11.3 Å². The highest BCUT2D eigenvalue weighted by Gasteiger charge is 2.40. The predicted octanol–water partition coefficient (Wildman–Crippen LogP) is 2.32. The average molecular weight is 311 g/mol. The molecule has 1 aromatic rings. The topological polar surface area (TPSA) is 66.8 Å². The number of hydrogen-bond donors (Lipinski definition) is 1. The molecule has 0 bridgehead atoms. The van der Waals surface area contributed by atoms with Gasteiger partial charge in [0.15, 0.2) is 0 Å². The van der Waals surface area contributed by atoms with Crippen molar-refractivity contribution in [3.05, 3.63) is 21.4 Å². The molecule has 1 amide bonds. The quantitative estimate of drug-likeness (QED) is 0.906. The third-order valence-corrected chi connectivity index (χ3v) is 4.97. The van der Waals surface area contributed by atoms with Crippen LogP contribution in [0.15, 0.2) is 6.07 Å². The Balaban J connectivity index is 2.21. The van der Waals surface area contributed by atoms with Gasteiger partial charge in [0.1, 0.15) is 6.04 Å². The summed E-state index contributed by atoms with van der Waals surface area (Å²) in [6, 6.07) is 1.12. The lowest BCUT2D eigenvalue weighted by Gasteiger charge is -2.20. The van der Waals surface area contributed by atoms with E-state index in [4.69, 9.17) is 4.74 Å². The van der Waals surface area contributed by atoms with E-state index in [-0.39, 0.29) is 12.0 Å². The lowest BCUT2D eigenvalue weighted by Crippen LogP contribution is -2.40. The van der Waals surface area contributed by atoms with Crippen LogP contribution in [0.3, 0.4) is 0 Å². The summed E-state index contributed by atoms with van der Waals surface area (Å²) in [7, 11) is 1.55. The molecule has 0 unspecified atom stereocenters. The highest BCUT2D eigenvalue weighted by Crippen LogP contribution is 2.28. The van der Waals surface area contributed by atoms with Crippen molar-refractivity contribution in [1.29, 1.82) is 0 Å². The normalized spacial score (nSPS) is 21.8. The maximum atomic E-state index is 12.6. The van der Waals surface area contributed by atoms with Gasteiger partial charge in [0.05, 0.1) is 11.0 Å². The molecule has 2 atom stereocenters. The second-order valence-electron chi connectivity index (χ2n) is 5.35. The van der Waals surface area contributed by atoms with Crippen molar-refractivity contribution < 1.29 is 19.4 Å². The van der Waals surface area contributed by atoms with E-state index in [2.05, 4.69) is 6.92 Å². The minimum atomic E-state index is -0.968. The largest absolute Gasteiger partial charge is 0.480 e. The van der Waals surface area contributed by atoms with E-state index in [1.54, 1.807) is 7.11 Å². The van der Waals surface area contributed by atoms with Crippen LogP contribution < -0.4 is 0 Å². The number of carbonyl (C=O) groups is 2. The molecule has 0 aliphatic carbocycles. The Kier molecular flexibility index (Phi) is 5.00. The molecule has 2 rings (SSSR count). The average Bonchev–Trinajstić information content (AvgIpc) is 3.03. The van der Waals surface area contributed by atoms with Crippen LogP contribution in [0.1, 0.15) is 39.9 Å². The van der Waals surface area contributed by atoms with Crippen LogP contribution in [-0.2, 0) is 16.0 Å². The number of carbonyl (C=O) groups excluding carboxylic acids is 1. The van der Waals surface area contributed by atoms with Crippen molar-refractivity contribution in [2.75, 3.05) is 13.7 Å². The fourth-order valence-electron chi connectivity index (χ4n) is 2.71. The zero-order chi connectivity index (χ0) is 15.6. The predicted molar refractivity (Wildman–Crippen MR) is 80.9 cm³/mol. The van der Waals surface area contributed by atoms with Gasteiger partial charge in [-0.2, -0.15) is 0 Å². The summed E-state index contributed by atoms with van der Waals surface area (Å²) in [6.45, 7) is 4.44. The summed E-state index contributed by atoms with van der Waals surface area (Å²) in [4.78, 5) is 27.1. The first-order valence-electron chi connectivity index (χ1n) is 7.13. The lowest BCUT2D eigenvalue weighted by molar-refractivity contribution is -0.141. The number of rotatable bonds is 5. The van der Waals surface area contributed by atoms with Crippen LogP contribution in [0.5, 0.6) is 0 Å². The molecule has 0 aromatic carbocycles. The van der Waals surface area contributed by atoms with Crippen LogP contribution in [0.2, 0.25) is 0 Å². The standard InChI is InChI=1S/C15H21NO4S/c1-4-5-10-6-13(21-9(10)2)14(17)16-8-11(20-3)7-12(16)15(18)19/h6,11-12H,4-5,7-8H2,1-3H3,(H,18,19)/t11-,12-/m0/s1. The Morgan fingerprint density at radius 2 is 2.24 bits per heavy atom. The molecule has 5 nitrogen and oxygen atoms in total. The molecule has 21 heavy (non-hydrogen) atoms. The maximum absolute atomic E-state index is 12.6. The van der Waals surface area contributed by atoms with Gasteiger partial charge in [0.25, 0.3) is 5.91 Å². The molecule has 2 heterocycles. The van der Waals surface area contributed by atoms with Crippen LogP contribution in [0.4, 0.5) is 0 Å². The Labute approximate surface area is 128 Å². The van der Waals surface area contributed by atoms with Crippen molar-refractivity contribution >= 4 is 23.2 Å². The summed E-state index contributed by atoms with van der Waals surface area (Å²) < 4.78 is 5.22. The molecule has 1 saturated heterocycles. The second kappa shape index (κ2) is 6.58. The van der Waals surface area contributed by atoms with E-state index in [1.165, 1.54) is 21.8 Å². The van der Waals surface area contributed by atoms with Gasteiger partial charge in [0, 0.05) is 25.0 Å². The highest BCUT2D eigenvalue weighted by atomic mass is 32.1. The molecule has 1 aliphatic heterocycles. The molecular formula is C15H21NO4S. The lowest BCUT2D eigenvalue weighted by atomic mass is 10.1. The molecule has 6 heteroatoms. The fourth-order valence-corrected chi connectivity index (χ4v) is 3.74. The minimum Gasteiger partial charge on any atom is -0.480 e. The Bertz CT molecular complexity index is 540. The first-order valence-corrected chi connectivity index (χ1v) is 7.95. The van der Waals surface area contributed by atoms with E-state index < -0.39 is 12.0 Å². The number of thiophene rings is 1. The van der Waals surface area contributed by atoms with Gasteiger partial charge < -0.3 is 14.7 Å². The number of amides is 1. The number of carboxylic acids is 1. The molecule has 1 aromatic heterocycles. The number of aliphatic carboxylic acids is 1. The molecular weight excluding hydrogens is 290 g/mol. The number of ether oxygens (including phenoxy) is 1. The SMILES string of the molecule is CCCc1cc(C(=O)N2C[C@@H](OC)C[C@H]2C(=O)O)sc1C. The molecule has 0 saturated carbocycles. The monoisotopic (exact) mass is 311 g/mol. The molecule has 0 spiro atoms. The zero-order valence-electron chi connectivity index (χ0n) is 12.6. The molecule has 116 valence electrons. The number of methoxy groups -OCH3 is 1. The number of nitrogens with zero attached hydrogens (tertiary/aromatic N) is 1. The Hall–Kier alpha value is -1.40. The van der Waals surface area contributed by atoms with Crippen molar-refractivity contribution in [2.24, 2.45) is 0 Å². The fraction of sp³-hybridized carbons (Fsp3) is 0.600. The van der Waals surface area contributed by atoms with Gasteiger partial charge in [-0.1, -0.05) is 13.3 Å². The van der Waals surface area contributed by atoms with Gasteiger partial charge in [-0.3, -0.25) is 4.79 Å². The summed E-state index contributed by atoms with van der Waals surface area (Å²) in [6.07, 6.45) is 2.12. The van der Waals surface area contributed by atoms with E-state index in [1.807, 2.05) is 13.0 Å². The summed E-state index contributed by atoms with van der Waals surface area (Å²) in [5.41, 5.74) is 1.18. The second-order valence-corrected chi connectivity index (χ2v) is 6.60. The molecule has 1 fully saturated rings. The van der Waals surface area contributed by atoms with E-state index >= 15 is 0 Å². The molecule has 0 radical (unpaired) electrons. The number of hydrogen-bond acceptors (Lipinski definition) is 4. The van der Waals surface area contributed by atoms with Crippen molar-refractivity contribution in [3.8, 4) is 0 Å². The van der Waals surface area contributed by atoms with Crippen LogP contribution in [-0.4, -0.2) is 47.7 Å². The van der Waals surface area contributed by atoms with Crippen molar-refractivity contribution in [2.45, 2.75) is 45.3 Å². The number of aryl methyl sites for hydroxylation is 2. The number of likely N-dealkylation sites (tertiary alicyclic amines) is 1. The van der Waals surface area contributed by atoms with E-state index in [9.17, 15) is 14.7 Å². The van der Waals surface area contributed by atoms with Gasteiger partial charge in [-0.15, -0.1) is 11.3 Å². The maximum Gasteiger partial charge on any atom is 0.326 e. The third-order valence-electron chi connectivity index (χ3n) is 3.89. The van der Waals surface area contributed by atoms with Gasteiger partial charge in [-0.05, 0) is 25.0 Å². The summed E-state index contributed by atoms with van der Waals surface area (Å²) >= 11 is 1.45. The van der Waals surface area contributed by atoms with E-state index in [0.29, 0.717) is 17.8 Å². The van der Waals surface area contributed by atoms with E-state index in [0.717, 1.165) is 17.7 Å². The Morgan fingerprint density at radius 3 is 2.81 bits per heavy atom. The minimum absolute atomic E-state index is 0.197. The number of carboxylic acid groups (broad SMARTS) is 1. The van der Waals surface area contributed by atoms with Crippen LogP contribution in [0, 0.1) is 6.92 Å². The first-order chi connectivity index (χ1) is 9.97. The van der Waals surface area contributed by atoms with Crippen LogP contribution in [0.25, 0.3) is 0 Å². The first kappa shape index (κ1) is 16.0. The van der Waals surface area contributed by atoms with Gasteiger partial charge in [0.2, 0.25) is 0 Å². The zero-order valence-corrected chi connectivity index (χ0v) is 13.4. The third kappa shape index (κ3) is 3.27. The molecule has 1 aliphatic rings. The smallest absolute Gasteiger partial charge is 0.326 e. The van der Waals surface area contributed by atoms with Crippen molar-refractivity contribution in [3.63, 3.8) is 0 Å². The summed E-state index contributed by atoms with van der Waals surface area (Å²) in [5.74, 6) is -1.16. The molecule has 1 N–H and O–H groups in total. The Morgan fingerprint density at radius 1 is 1.52 bits per heavy atom. The highest BCUT2D eigenvalue weighted by molar-refractivity contribution is 7.14. The van der Waals surface area contributed by atoms with Gasteiger partial charge in [-0.25, -0.2) is 4.79 Å².